The number of carbonyl (C=O) groups excluding carboxylic acids is 1. The molecule has 0 bridgehead atoms. The third kappa shape index (κ3) is 4.15. The molecule has 0 aliphatic rings. The lowest BCUT2D eigenvalue weighted by molar-refractivity contribution is 0.0945. The molecule has 7 nitrogen and oxygen atoms in total. The molecule has 1 aromatic heterocycles. The molecule has 128 valence electrons. The molecule has 1 aromatic carbocycles. The smallest absolute Gasteiger partial charge is 0.271 e. The summed E-state index contributed by atoms with van der Waals surface area (Å²) in [5.41, 5.74) is 1.03. The van der Waals surface area contributed by atoms with Crippen LogP contribution in [0.4, 0.5) is 0 Å². The molecule has 2 rings (SSSR count). The van der Waals surface area contributed by atoms with Crippen molar-refractivity contribution >= 4 is 15.9 Å². The van der Waals surface area contributed by atoms with Crippen LogP contribution in [-0.2, 0) is 16.6 Å². The SMILES string of the molecule is CCN(CC)S(=O)(=O)c1ccc(CNC(=O)c2cnccn2)cc1. The van der Waals surface area contributed by atoms with E-state index in [4.69, 9.17) is 0 Å². The lowest BCUT2D eigenvalue weighted by Crippen LogP contribution is -2.30. The van der Waals surface area contributed by atoms with E-state index < -0.39 is 10.0 Å². The highest BCUT2D eigenvalue weighted by Crippen LogP contribution is 2.16. The molecule has 0 spiro atoms. The van der Waals surface area contributed by atoms with Gasteiger partial charge >= 0.3 is 0 Å². The van der Waals surface area contributed by atoms with Gasteiger partial charge in [0, 0.05) is 32.0 Å². The van der Waals surface area contributed by atoms with Gasteiger partial charge in [0.2, 0.25) is 10.0 Å². The zero-order valence-electron chi connectivity index (χ0n) is 13.6. The standard InChI is InChI=1S/C16H20N4O3S/c1-3-20(4-2)24(22,23)14-7-5-13(6-8-14)11-19-16(21)15-12-17-9-10-18-15/h5-10,12H,3-4,11H2,1-2H3,(H,19,21). The van der Waals surface area contributed by atoms with Gasteiger partial charge in [-0.15, -0.1) is 0 Å². The fraction of sp³-hybridized carbons (Fsp3) is 0.312. The molecule has 24 heavy (non-hydrogen) atoms. The fourth-order valence-corrected chi connectivity index (χ4v) is 3.64. The highest BCUT2D eigenvalue weighted by Gasteiger charge is 2.21. The third-order valence-corrected chi connectivity index (χ3v) is 5.58. The largest absolute Gasteiger partial charge is 0.347 e. The molecular weight excluding hydrogens is 328 g/mol. The summed E-state index contributed by atoms with van der Waals surface area (Å²) >= 11 is 0. The fourth-order valence-electron chi connectivity index (χ4n) is 2.18. The van der Waals surface area contributed by atoms with Gasteiger partial charge in [0.25, 0.3) is 5.91 Å². The van der Waals surface area contributed by atoms with E-state index in [0.717, 1.165) is 5.56 Å². The van der Waals surface area contributed by atoms with Crippen molar-refractivity contribution in [2.75, 3.05) is 13.1 Å². The van der Waals surface area contributed by atoms with Crippen molar-refractivity contribution < 1.29 is 13.2 Å². The molecule has 8 heteroatoms. The minimum atomic E-state index is -3.46. The Morgan fingerprint density at radius 3 is 2.33 bits per heavy atom. The van der Waals surface area contributed by atoms with Crippen LogP contribution < -0.4 is 5.32 Å². The van der Waals surface area contributed by atoms with Crippen molar-refractivity contribution in [2.24, 2.45) is 0 Å². The van der Waals surface area contributed by atoms with Crippen LogP contribution >= 0.6 is 0 Å². The maximum atomic E-state index is 12.4. The van der Waals surface area contributed by atoms with Gasteiger partial charge in [0.1, 0.15) is 5.69 Å². The molecule has 1 amide bonds. The van der Waals surface area contributed by atoms with Crippen molar-refractivity contribution in [3.05, 3.63) is 54.1 Å². The Kier molecular flexibility index (Phi) is 5.99. The summed E-state index contributed by atoms with van der Waals surface area (Å²) in [5.74, 6) is -0.331. The lowest BCUT2D eigenvalue weighted by Gasteiger charge is -2.18. The zero-order valence-corrected chi connectivity index (χ0v) is 14.5. The van der Waals surface area contributed by atoms with Crippen LogP contribution in [-0.4, -0.2) is 41.7 Å². The van der Waals surface area contributed by atoms with E-state index in [-0.39, 0.29) is 23.0 Å². The normalized spacial score (nSPS) is 11.5. The monoisotopic (exact) mass is 348 g/mol. The van der Waals surface area contributed by atoms with Gasteiger partial charge in [-0.2, -0.15) is 4.31 Å². The minimum absolute atomic E-state index is 0.234. The van der Waals surface area contributed by atoms with Gasteiger partial charge in [-0.05, 0) is 17.7 Å². The minimum Gasteiger partial charge on any atom is -0.347 e. The number of rotatable bonds is 7. The van der Waals surface area contributed by atoms with E-state index in [1.54, 1.807) is 38.1 Å². The summed E-state index contributed by atoms with van der Waals surface area (Å²) in [6.45, 7) is 4.74. The Labute approximate surface area is 141 Å². The van der Waals surface area contributed by atoms with Gasteiger partial charge in [0.15, 0.2) is 0 Å². The molecule has 0 aliphatic carbocycles. The number of amides is 1. The Morgan fingerprint density at radius 1 is 1.12 bits per heavy atom. The van der Waals surface area contributed by atoms with Crippen LogP contribution in [0, 0.1) is 0 Å². The predicted molar refractivity (Wildman–Crippen MR) is 89.8 cm³/mol. The summed E-state index contributed by atoms with van der Waals surface area (Å²) in [7, 11) is -3.46. The highest BCUT2D eigenvalue weighted by molar-refractivity contribution is 7.89. The number of hydrogen-bond acceptors (Lipinski definition) is 5. The molecule has 2 aromatic rings. The number of aromatic nitrogens is 2. The van der Waals surface area contributed by atoms with Gasteiger partial charge in [0.05, 0.1) is 11.1 Å². The summed E-state index contributed by atoms with van der Waals surface area (Å²) in [6, 6.07) is 6.48. The van der Waals surface area contributed by atoms with Gasteiger partial charge in [-0.25, -0.2) is 13.4 Å². The zero-order chi connectivity index (χ0) is 17.6. The van der Waals surface area contributed by atoms with Crippen molar-refractivity contribution in [3.63, 3.8) is 0 Å². The predicted octanol–water partition coefficient (Wildman–Crippen LogP) is 1.44. The number of sulfonamides is 1. The third-order valence-electron chi connectivity index (χ3n) is 3.52. The number of benzene rings is 1. The molecule has 0 radical (unpaired) electrons. The van der Waals surface area contributed by atoms with Crippen molar-refractivity contribution in [1.29, 1.82) is 0 Å². The van der Waals surface area contributed by atoms with Gasteiger partial charge in [-0.1, -0.05) is 26.0 Å². The van der Waals surface area contributed by atoms with Crippen LogP contribution in [0.1, 0.15) is 29.9 Å². The van der Waals surface area contributed by atoms with Crippen LogP contribution in [0.15, 0.2) is 47.8 Å². The van der Waals surface area contributed by atoms with Crippen LogP contribution in [0.3, 0.4) is 0 Å². The van der Waals surface area contributed by atoms with Crippen LogP contribution in [0.2, 0.25) is 0 Å². The van der Waals surface area contributed by atoms with Crippen molar-refractivity contribution in [2.45, 2.75) is 25.3 Å². The summed E-state index contributed by atoms with van der Waals surface area (Å²) in [6.07, 6.45) is 4.32. The molecule has 0 unspecified atom stereocenters. The summed E-state index contributed by atoms with van der Waals surface area (Å²) in [5, 5.41) is 2.72. The first-order valence-electron chi connectivity index (χ1n) is 7.62. The molecule has 1 heterocycles. The first kappa shape index (κ1) is 18.0. The molecule has 0 atom stereocenters. The van der Waals surface area contributed by atoms with Gasteiger partial charge in [-0.3, -0.25) is 9.78 Å². The Hall–Kier alpha value is -2.32. The summed E-state index contributed by atoms with van der Waals surface area (Å²) in [4.78, 5) is 19.9. The summed E-state index contributed by atoms with van der Waals surface area (Å²) < 4.78 is 26.2. The first-order chi connectivity index (χ1) is 11.5. The van der Waals surface area contributed by atoms with E-state index in [9.17, 15) is 13.2 Å². The maximum Gasteiger partial charge on any atom is 0.271 e. The molecule has 0 saturated carbocycles. The Balaban J connectivity index is 2.04. The van der Waals surface area contributed by atoms with Crippen molar-refractivity contribution in [3.8, 4) is 0 Å². The van der Waals surface area contributed by atoms with E-state index in [1.165, 1.54) is 22.9 Å². The molecular formula is C16H20N4O3S. The molecule has 1 N–H and O–H groups in total. The van der Waals surface area contributed by atoms with Crippen LogP contribution in [0.5, 0.6) is 0 Å². The quantitative estimate of drug-likeness (QED) is 0.817. The van der Waals surface area contributed by atoms with E-state index >= 15 is 0 Å². The second-order valence-corrected chi connectivity index (χ2v) is 6.94. The average Bonchev–Trinajstić information content (AvgIpc) is 2.61. The average molecular weight is 348 g/mol. The van der Waals surface area contributed by atoms with E-state index in [2.05, 4.69) is 15.3 Å². The molecule has 0 fully saturated rings. The first-order valence-corrected chi connectivity index (χ1v) is 9.06. The van der Waals surface area contributed by atoms with E-state index in [1.807, 2.05) is 0 Å². The topological polar surface area (TPSA) is 92.3 Å². The number of hydrogen-bond donors (Lipinski definition) is 1. The number of nitrogens with one attached hydrogen (secondary N) is 1. The van der Waals surface area contributed by atoms with E-state index in [0.29, 0.717) is 13.1 Å². The molecule has 0 saturated heterocycles. The lowest BCUT2D eigenvalue weighted by atomic mass is 10.2. The van der Waals surface area contributed by atoms with Crippen LogP contribution in [0.25, 0.3) is 0 Å². The highest BCUT2D eigenvalue weighted by atomic mass is 32.2. The number of carbonyl (C=O) groups is 1. The number of nitrogens with zero attached hydrogens (tertiary/aromatic N) is 3. The molecule has 0 aliphatic heterocycles. The second kappa shape index (κ2) is 7.98. The van der Waals surface area contributed by atoms with Crippen molar-refractivity contribution in [1.82, 2.24) is 19.6 Å². The Morgan fingerprint density at radius 2 is 1.79 bits per heavy atom. The second-order valence-electron chi connectivity index (χ2n) is 5.01. The maximum absolute atomic E-state index is 12.4. The Bertz CT molecular complexity index is 773. The van der Waals surface area contributed by atoms with Gasteiger partial charge < -0.3 is 5.32 Å².